The van der Waals surface area contributed by atoms with E-state index in [1.807, 2.05) is 18.5 Å². The quantitative estimate of drug-likeness (QED) is 0.756. The third-order valence-electron chi connectivity index (χ3n) is 4.03. The van der Waals surface area contributed by atoms with Gasteiger partial charge in [0.2, 0.25) is 0 Å². The lowest BCUT2D eigenvalue weighted by atomic mass is 10.1. The average Bonchev–Trinajstić information content (AvgIpc) is 3.37. The van der Waals surface area contributed by atoms with Gasteiger partial charge in [0.1, 0.15) is 11.7 Å². The summed E-state index contributed by atoms with van der Waals surface area (Å²) in [6.07, 6.45) is 8.77. The highest BCUT2D eigenvalue weighted by Crippen LogP contribution is 2.43. The number of carbonyl (C=O) groups excluding carboxylic acids is 1. The Bertz CT molecular complexity index is 773. The summed E-state index contributed by atoms with van der Waals surface area (Å²) in [7, 11) is 1.44. The molecule has 2 heterocycles. The molecule has 0 saturated heterocycles. The minimum Gasteiger partial charge on any atom is -0.287 e. The van der Waals surface area contributed by atoms with Gasteiger partial charge in [0.05, 0.1) is 17.7 Å². The number of hydrogen-bond acceptors (Lipinski definition) is 6. The van der Waals surface area contributed by atoms with Gasteiger partial charge in [0.15, 0.2) is 0 Å². The standard InChI is InChI=1S/C17H20N4O2S.C3H8/c1-4-12-7-8-15(22)21(17(12)19-11(2)20(3)23)9-14-16(13-5-6-13)24-10-18-14;1-3-2/h4,7-8,10,13,23H,2,5-6,9H2,1,3H3;3H2,1-2H3/b12-4-,19-17+;. The van der Waals surface area contributed by atoms with Gasteiger partial charge in [-0.1, -0.05) is 32.9 Å². The van der Waals surface area contributed by atoms with Gasteiger partial charge in [-0.25, -0.2) is 15.0 Å². The van der Waals surface area contributed by atoms with E-state index in [4.69, 9.17) is 0 Å². The van der Waals surface area contributed by atoms with E-state index in [2.05, 4.69) is 30.4 Å². The first kappa shape index (κ1) is 21.1. The molecule has 2 aliphatic rings. The summed E-state index contributed by atoms with van der Waals surface area (Å²) in [4.78, 5) is 24.1. The topological polar surface area (TPSA) is 69.0 Å². The fraction of sp³-hybridized carbons (Fsp3) is 0.450. The van der Waals surface area contributed by atoms with Crippen LogP contribution in [0, 0.1) is 0 Å². The summed E-state index contributed by atoms with van der Waals surface area (Å²) >= 11 is 1.65. The number of carbonyl (C=O) groups is 1. The number of nitrogens with zero attached hydrogens (tertiary/aromatic N) is 4. The lowest BCUT2D eigenvalue weighted by Crippen LogP contribution is -2.39. The highest BCUT2D eigenvalue weighted by molar-refractivity contribution is 7.09. The van der Waals surface area contributed by atoms with Crippen molar-refractivity contribution in [3.05, 3.63) is 52.3 Å². The van der Waals surface area contributed by atoms with Crippen LogP contribution in [0.1, 0.15) is 56.5 Å². The molecule has 0 atom stereocenters. The van der Waals surface area contributed by atoms with Crippen LogP contribution in [0.25, 0.3) is 0 Å². The van der Waals surface area contributed by atoms with Crippen LogP contribution in [-0.4, -0.2) is 38.9 Å². The first-order chi connectivity index (χ1) is 12.9. The molecule has 1 aromatic rings. The second-order valence-corrected chi connectivity index (χ2v) is 7.41. The normalized spacial score (nSPS) is 19.3. The van der Waals surface area contributed by atoms with Gasteiger partial charge in [0.25, 0.3) is 5.91 Å². The maximum atomic E-state index is 12.4. The zero-order valence-electron chi connectivity index (χ0n) is 16.5. The predicted molar refractivity (Wildman–Crippen MR) is 110 cm³/mol. The van der Waals surface area contributed by atoms with Crippen LogP contribution in [0.4, 0.5) is 0 Å². The minimum atomic E-state index is -0.150. The number of allylic oxidation sites excluding steroid dienone is 1. The molecule has 7 heteroatoms. The van der Waals surface area contributed by atoms with Gasteiger partial charge in [-0.2, -0.15) is 0 Å². The van der Waals surface area contributed by atoms with Crippen LogP contribution in [-0.2, 0) is 11.3 Å². The maximum absolute atomic E-state index is 12.4. The highest BCUT2D eigenvalue weighted by atomic mass is 32.1. The molecule has 1 aliphatic heterocycles. The number of hydrogen-bond donors (Lipinski definition) is 1. The molecule has 27 heavy (non-hydrogen) atoms. The van der Waals surface area contributed by atoms with E-state index in [9.17, 15) is 10.0 Å². The number of hydroxylamine groups is 2. The predicted octanol–water partition coefficient (Wildman–Crippen LogP) is 4.47. The summed E-state index contributed by atoms with van der Waals surface area (Å²) in [5, 5.41) is 10.4. The van der Waals surface area contributed by atoms with Crippen LogP contribution >= 0.6 is 11.3 Å². The summed E-state index contributed by atoms with van der Waals surface area (Å²) < 4.78 is 0. The molecule has 6 nitrogen and oxygen atoms in total. The van der Waals surface area contributed by atoms with E-state index in [-0.39, 0.29) is 11.7 Å². The number of amidine groups is 1. The number of aliphatic imine (C=N–C) groups is 1. The Morgan fingerprint density at radius 3 is 2.70 bits per heavy atom. The fourth-order valence-electron chi connectivity index (χ4n) is 2.51. The zero-order valence-corrected chi connectivity index (χ0v) is 17.3. The number of aromatic nitrogens is 1. The summed E-state index contributed by atoms with van der Waals surface area (Å²) in [6.45, 7) is 10.2. The smallest absolute Gasteiger partial charge is 0.252 e. The van der Waals surface area contributed by atoms with Crippen LogP contribution in [0.2, 0.25) is 0 Å². The Morgan fingerprint density at radius 1 is 1.48 bits per heavy atom. The molecule has 1 aromatic heterocycles. The molecule has 0 unspecified atom stereocenters. The molecule has 0 radical (unpaired) electrons. The molecule has 1 fully saturated rings. The molecule has 146 valence electrons. The third kappa shape index (κ3) is 5.37. The number of amides is 1. The van der Waals surface area contributed by atoms with Crippen LogP contribution in [0.5, 0.6) is 0 Å². The molecule has 0 bridgehead atoms. The van der Waals surface area contributed by atoms with Gasteiger partial charge in [0, 0.05) is 23.6 Å². The second kappa shape index (κ2) is 9.62. The average molecular weight is 389 g/mol. The molecular weight excluding hydrogens is 360 g/mol. The van der Waals surface area contributed by atoms with E-state index >= 15 is 0 Å². The molecule has 3 rings (SSSR count). The van der Waals surface area contributed by atoms with Crippen molar-refractivity contribution in [3.63, 3.8) is 0 Å². The summed E-state index contributed by atoms with van der Waals surface area (Å²) in [5.41, 5.74) is 3.57. The molecule has 1 aliphatic carbocycles. The summed E-state index contributed by atoms with van der Waals surface area (Å²) in [6, 6.07) is 0. The summed E-state index contributed by atoms with van der Waals surface area (Å²) in [5.74, 6) is 1.08. The number of thiazole rings is 1. The zero-order chi connectivity index (χ0) is 20.0. The molecule has 1 N–H and O–H groups in total. The van der Waals surface area contributed by atoms with Crippen molar-refractivity contribution in [1.82, 2.24) is 14.9 Å². The Morgan fingerprint density at radius 2 is 2.15 bits per heavy atom. The Balaban J connectivity index is 0.000000817. The SMILES string of the molecule is C=C(/N=C1\C(=C/C)C=CC(=O)N1Cc1ncsc1C1CC1)N(C)O.CCC. The Hall–Kier alpha value is -2.25. The fourth-order valence-corrected chi connectivity index (χ4v) is 3.48. The van der Waals surface area contributed by atoms with Crippen LogP contribution in [0.15, 0.2) is 46.7 Å². The van der Waals surface area contributed by atoms with Gasteiger partial charge < -0.3 is 0 Å². The molecule has 1 amide bonds. The molecule has 0 spiro atoms. The van der Waals surface area contributed by atoms with Gasteiger partial charge in [-0.05, 0) is 31.8 Å². The van der Waals surface area contributed by atoms with Crippen molar-refractivity contribution in [2.75, 3.05) is 7.05 Å². The Labute approximate surface area is 165 Å². The van der Waals surface area contributed by atoms with Crippen molar-refractivity contribution in [2.45, 2.75) is 52.5 Å². The van der Waals surface area contributed by atoms with E-state index in [0.717, 1.165) is 16.3 Å². The molecule has 1 saturated carbocycles. The van der Waals surface area contributed by atoms with Gasteiger partial charge in [-0.3, -0.25) is 14.9 Å². The van der Waals surface area contributed by atoms with Crippen LogP contribution in [0.3, 0.4) is 0 Å². The third-order valence-corrected chi connectivity index (χ3v) is 5.07. The molecule has 0 aromatic carbocycles. The first-order valence-electron chi connectivity index (χ1n) is 9.21. The lowest BCUT2D eigenvalue weighted by Gasteiger charge is -2.27. The largest absolute Gasteiger partial charge is 0.287 e. The van der Waals surface area contributed by atoms with E-state index < -0.39 is 0 Å². The first-order valence-corrected chi connectivity index (χ1v) is 10.1. The van der Waals surface area contributed by atoms with E-state index in [1.165, 1.54) is 37.3 Å². The van der Waals surface area contributed by atoms with Crippen molar-refractivity contribution < 1.29 is 10.0 Å². The minimum absolute atomic E-state index is 0.150. The van der Waals surface area contributed by atoms with E-state index in [1.54, 1.807) is 22.3 Å². The number of rotatable bonds is 5. The highest BCUT2D eigenvalue weighted by Gasteiger charge is 2.31. The van der Waals surface area contributed by atoms with Crippen molar-refractivity contribution in [3.8, 4) is 0 Å². The van der Waals surface area contributed by atoms with Crippen molar-refractivity contribution >= 4 is 23.1 Å². The van der Waals surface area contributed by atoms with Gasteiger partial charge in [-0.15, -0.1) is 11.3 Å². The molecular formula is C20H28N4O2S. The second-order valence-electron chi connectivity index (χ2n) is 6.52. The van der Waals surface area contributed by atoms with Crippen LogP contribution < -0.4 is 0 Å². The van der Waals surface area contributed by atoms with Gasteiger partial charge >= 0.3 is 0 Å². The lowest BCUT2D eigenvalue weighted by molar-refractivity contribution is -0.123. The van der Waals surface area contributed by atoms with Crippen molar-refractivity contribution in [1.29, 1.82) is 0 Å². The van der Waals surface area contributed by atoms with Crippen molar-refractivity contribution in [2.24, 2.45) is 4.99 Å². The monoisotopic (exact) mass is 388 g/mol. The Kier molecular flexibility index (Phi) is 7.50. The van der Waals surface area contributed by atoms with E-state index in [0.29, 0.717) is 18.3 Å². The maximum Gasteiger partial charge on any atom is 0.252 e.